The van der Waals surface area contributed by atoms with Crippen molar-refractivity contribution >= 4 is 20.9 Å². The van der Waals surface area contributed by atoms with Gasteiger partial charge in [-0.25, -0.2) is 18.2 Å². The van der Waals surface area contributed by atoms with E-state index in [1.165, 1.54) is 18.5 Å². The lowest BCUT2D eigenvalue weighted by Crippen LogP contribution is -2.17. The van der Waals surface area contributed by atoms with Gasteiger partial charge in [-0.05, 0) is 30.2 Å². The maximum Gasteiger partial charge on any atom is 0.435 e. The zero-order chi connectivity index (χ0) is 18.2. The molecule has 0 saturated carbocycles. The zero-order valence-electron chi connectivity index (χ0n) is 12.7. The van der Waals surface area contributed by atoms with Crippen LogP contribution in [0.4, 0.5) is 13.2 Å². The molecule has 0 aliphatic rings. The number of hydrogen-bond acceptors (Lipinski definition) is 4. The molecule has 0 spiro atoms. The van der Waals surface area contributed by atoms with Crippen LogP contribution in [0.25, 0.3) is 16.6 Å². The molecule has 0 radical (unpaired) electrons. The highest BCUT2D eigenvalue weighted by molar-refractivity contribution is 7.89. The van der Waals surface area contributed by atoms with Crippen molar-refractivity contribution in [2.45, 2.75) is 12.6 Å². The molecule has 2 heterocycles. The molecule has 2 N–H and O–H groups in total. The smallest absolute Gasteiger partial charge is 0.262 e. The van der Waals surface area contributed by atoms with Crippen LogP contribution in [-0.4, -0.2) is 28.9 Å². The molecule has 1 aromatic carbocycles. The maximum atomic E-state index is 13.2. The van der Waals surface area contributed by atoms with Crippen LogP contribution in [-0.2, 0) is 22.6 Å². The molecular weight excluding hydrogens is 357 g/mol. The van der Waals surface area contributed by atoms with E-state index in [2.05, 4.69) is 10.1 Å². The summed E-state index contributed by atoms with van der Waals surface area (Å²) in [6.45, 7) is 0. The van der Waals surface area contributed by atoms with Crippen molar-refractivity contribution in [3.8, 4) is 5.69 Å². The molecule has 6 nitrogen and oxygen atoms in total. The van der Waals surface area contributed by atoms with Crippen LogP contribution in [0.1, 0.15) is 11.3 Å². The number of halogens is 3. The largest absolute Gasteiger partial charge is 0.435 e. The van der Waals surface area contributed by atoms with Gasteiger partial charge in [0.1, 0.15) is 0 Å². The van der Waals surface area contributed by atoms with Gasteiger partial charge in [-0.15, -0.1) is 0 Å². The summed E-state index contributed by atoms with van der Waals surface area (Å²) in [5.74, 6) is -0.209. The van der Waals surface area contributed by atoms with Gasteiger partial charge in [0.15, 0.2) is 5.69 Å². The average Bonchev–Trinajstić information content (AvgIpc) is 2.93. The summed E-state index contributed by atoms with van der Waals surface area (Å²) < 4.78 is 62.6. The Hall–Kier alpha value is -2.46. The second-order valence-corrected chi connectivity index (χ2v) is 7.17. The number of pyridine rings is 1. The number of aryl methyl sites for hydroxylation is 1. The van der Waals surface area contributed by atoms with E-state index < -0.39 is 21.9 Å². The second kappa shape index (κ2) is 6.12. The average molecular weight is 370 g/mol. The maximum absolute atomic E-state index is 13.2. The number of hydrogen-bond donors (Lipinski definition) is 1. The number of primary sulfonamides is 1. The van der Waals surface area contributed by atoms with Crippen molar-refractivity contribution in [3.05, 3.63) is 54.0 Å². The molecule has 3 rings (SSSR count). The van der Waals surface area contributed by atoms with E-state index in [4.69, 9.17) is 5.14 Å². The molecule has 132 valence electrons. The van der Waals surface area contributed by atoms with Crippen molar-refractivity contribution in [2.75, 3.05) is 5.75 Å². The Morgan fingerprint density at radius 1 is 1.12 bits per heavy atom. The summed E-state index contributed by atoms with van der Waals surface area (Å²) >= 11 is 0. The van der Waals surface area contributed by atoms with Gasteiger partial charge in [-0.3, -0.25) is 4.98 Å². The molecule has 3 aromatic rings. The van der Waals surface area contributed by atoms with E-state index in [-0.39, 0.29) is 23.1 Å². The minimum Gasteiger partial charge on any atom is -0.262 e. The Balaban J connectivity index is 2.00. The Kier molecular flexibility index (Phi) is 4.25. The highest BCUT2D eigenvalue weighted by Gasteiger charge is 2.37. The number of fused-ring (bicyclic) bond motifs is 1. The van der Waals surface area contributed by atoms with Crippen molar-refractivity contribution in [3.63, 3.8) is 0 Å². The van der Waals surface area contributed by atoms with Crippen molar-refractivity contribution in [1.29, 1.82) is 0 Å². The molecule has 25 heavy (non-hydrogen) atoms. The summed E-state index contributed by atoms with van der Waals surface area (Å²) in [5.41, 5.74) is 0.353. The fourth-order valence-corrected chi connectivity index (χ4v) is 2.95. The van der Waals surface area contributed by atoms with E-state index >= 15 is 0 Å². The number of rotatable bonds is 4. The van der Waals surface area contributed by atoms with Crippen LogP contribution >= 0.6 is 0 Å². The van der Waals surface area contributed by atoms with Crippen LogP contribution in [0.2, 0.25) is 0 Å². The first-order valence-corrected chi connectivity index (χ1v) is 8.86. The first-order chi connectivity index (χ1) is 11.6. The van der Waals surface area contributed by atoms with Gasteiger partial charge in [-0.2, -0.15) is 18.3 Å². The van der Waals surface area contributed by atoms with Crippen LogP contribution < -0.4 is 5.14 Å². The lowest BCUT2D eigenvalue weighted by Gasteiger charge is -2.05. The topological polar surface area (TPSA) is 90.9 Å². The molecular formula is C15H13F3N4O2S. The Morgan fingerprint density at radius 2 is 1.80 bits per heavy atom. The fourth-order valence-electron chi connectivity index (χ4n) is 2.43. The Bertz CT molecular complexity index is 1010. The third-order valence-corrected chi connectivity index (χ3v) is 4.38. The highest BCUT2D eigenvalue weighted by atomic mass is 32.2. The van der Waals surface area contributed by atoms with Gasteiger partial charge in [0.2, 0.25) is 10.0 Å². The van der Waals surface area contributed by atoms with E-state index in [9.17, 15) is 21.6 Å². The Labute approximate surface area is 141 Å². The van der Waals surface area contributed by atoms with E-state index in [1.807, 2.05) is 0 Å². The second-order valence-electron chi connectivity index (χ2n) is 5.43. The van der Waals surface area contributed by atoms with Crippen LogP contribution in [0, 0.1) is 0 Å². The molecule has 0 amide bonds. The van der Waals surface area contributed by atoms with Gasteiger partial charge < -0.3 is 0 Å². The fraction of sp³-hybridized carbons (Fsp3) is 0.200. The molecule has 0 atom stereocenters. The van der Waals surface area contributed by atoms with Gasteiger partial charge >= 0.3 is 6.18 Å². The minimum absolute atomic E-state index is 0.0409. The third-order valence-electron chi connectivity index (χ3n) is 3.61. The monoisotopic (exact) mass is 370 g/mol. The van der Waals surface area contributed by atoms with E-state index in [0.717, 1.165) is 4.68 Å². The third kappa shape index (κ3) is 3.80. The number of alkyl halides is 3. The minimum atomic E-state index is -4.58. The van der Waals surface area contributed by atoms with E-state index in [0.29, 0.717) is 11.3 Å². The quantitative estimate of drug-likeness (QED) is 0.763. The highest BCUT2D eigenvalue weighted by Crippen LogP contribution is 2.34. The number of sulfonamides is 1. The first kappa shape index (κ1) is 17.4. The van der Waals surface area contributed by atoms with Crippen LogP contribution in [0.5, 0.6) is 0 Å². The lowest BCUT2D eigenvalue weighted by molar-refractivity contribution is -0.140. The molecule has 10 heteroatoms. The predicted molar refractivity (Wildman–Crippen MR) is 85.5 cm³/mol. The zero-order valence-corrected chi connectivity index (χ0v) is 13.5. The predicted octanol–water partition coefficient (Wildman–Crippen LogP) is 2.27. The normalized spacial score (nSPS) is 12.6. The summed E-state index contributed by atoms with van der Waals surface area (Å²) in [6, 6.07) is 7.65. The Morgan fingerprint density at radius 3 is 2.40 bits per heavy atom. The molecule has 0 aliphatic carbocycles. The molecule has 0 unspecified atom stereocenters. The molecule has 0 bridgehead atoms. The van der Waals surface area contributed by atoms with Crippen molar-refractivity contribution < 1.29 is 21.6 Å². The SMILES string of the molecule is NS(=O)(=O)CCc1ccc(-n2nc(C(F)(F)F)c3ccncc32)cc1. The summed E-state index contributed by atoms with van der Waals surface area (Å²) in [6.07, 6.45) is -1.78. The molecule has 0 aliphatic heterocycles. The van der Waals surface area contributed by atoms with Gasteiger partial charge in [-0.1, -0.05) is 12.1 Å². The van der Waals surface area contributed by atoms with E-state index in [1.54, 1.807) is 24.3 Å². The first-order valence-electron chi connectivity index (χ1n) is 7.15. The molecule has 0 saturated heterocycles. The van der Waals surface area contributed by atoms with Crippen molar-refractivity contribution in [2.24, 2.45) is 5.14 Å². The molecule has 0 fully saturated rings. The van der Waals surface area contributed by atoms with Gasteiger partial charge in [0.25, 0.3) is 0 Å². The van der Waals surface area contributed by atoms with Gasteiger partial charge in [0.05, 0.1) is 23.2 Å². The number of benzene rings is 1. The van der Waals surface area contributed by atoms with Crippen LogP contribution in [0.15, 0.2) is 42.7 Å². The summed E-state index contributed by atoms with van der Waals surface area (Å²) in [4.78, 5) is 3.86. The van der Waals surface area contributed by atoms with Crippen LogP contribution in [0.3, 0.4) is 0 Å². The number of nitrogens with zero attached hydrogens (tertiary/aromatic N) is 3. The standard InChI is InChI=1S/C15H13F3N4O2S/c16-15(17,18)14-12-5-7-20-9-13(12)22(21-14)11-3-1-10(2-4-11)6-8-25(19,23)24/h1-5,7,9H,6,8H2,(H2,19,23,24). The number of nitrogens with two attached hydrogens (primary N) is 1. The van der Waals surface area contributed by atoms with Crippen molar-refractivity contribution in [1.82, 2.24) is 14.8 Å². The number of aromatic nitrogens is 3. The summed E-state index contributed by atoms with van der Waals surface area (Å²) in [5, 5.41) is 8.60. The summed E-state index contributed by atoms with van der Waals surface area (Å²) in [7, 11) is -3.58. The van der Waals surface area contributed by atoms with Gasteiger partial charge in [0, 0.05) is 11.6 Å². The molecule has 2 aromatic heterocycles. The lowest BCUT2D eigenvalue weighted by atomic mass is 10.1.